The molecule has 0 saturated heterocycles. The number of ketones is 1. The molecule has 2 aromatic carbocycles. The summed E-state index contributed by atoms with van der Waals surface area (Å²) in [7, 11) is 0. The molecule has 2 rings (SSSR count). The monoisotopic (exact) mass is 282 g/mol. The highest BCUT2D eigenvalue weighted by Crippen LogP contribution is 2.24. The average molecular weight is 283 g/mol. The Bertz CT molecular complexity index is 603. The van der Waals surface area contributed by atoms with Gasteiger partial charge in [0.1, 0.15) is 5.82 Å². The molecule has 0 fully saturated rings. The molecule has 0 aliphatic rings. The van der Waals surface area contributed by atoms with Gasteiger partial charge >= 0.3 is 0 Å². The number of aryl methyl sites for hydroxylation is 1. The van der Waals surface area contributed by atoms with Gasteiger partial charge < -0.3 is 0 Å². The van der Waals surface area contributed by atoms with E-state index in [1.165, 1.54) is 18.2 Å². The van der Waals surface area contributed by atoms with Gasteiger partial charge in [0, 0.05) is 10.6 Å². The number of halogens is 3. The molecule has 0 radical (unpaired) electrons. The Morgan fingerprint density at radius 3 is 2.44 bits per heavy atom. The van der Waals surface area contributed by atoms with E-state index in [4.69, 9.17) is 23.2 Å². The fourth-order valence-electron chi connectivity index (χ4n) is 1.65. The second kappa shape index (κ2) is 5.09. The van der Waals surface area contributed by atoms with Gasteiger partial charge in [-0.25, -0.2) is 4.39 Å². The Balaban J connectivity index is 2.51. The highest BCUT2D eigenvalue weighted by Gasteiger charge is 2.17. The molecule has 0 spiro atoms. The lowest BCUT2D eigenvalue weighted by atomic mass is 10.0. The van der Waals surface area contributed by atoms with Crippen LogP contribution in [0.1, 0.15) is 21.5 Å². The number of carbonyl (C=O) groups excluding carboxylic acids is 1. The summed E-state index contributed by atoms with van der Waals surface area (Å²) in [6.45, 7) is 1.78. The minimum absolute atomic E-state index is 0.104. The minimum Gasteiger partial charge on any atom is -0.288 e. The van der Waals surface area contributed by atoms with Crippen molar-refractivity contribution in [1.82, 2.24) is 0 Å². The smallest absolute Gasteiger partial charge is 0.197 e. The topological polar surface area (TPSA) is 17.1 Å². The molecule has 1 nitrogen and oxygen atoms in total. The molecule has 18 heavy (non-hydrogen) atoms. The van der Waals surface area contributed by atoms with Crippen LogP contribution >= 0.6 is 23.2 Å². The van der Waals surface area contributed by atoms with Crippen LogP contribution < -0.4 is 0 Å². The van der Waals surface area contributed by atoms with Crippen LogP contribution in [0, 0.1) is 12.7 Å². The molecule has 0 unspecified atom stereocenters. The standard InChI is InChI=1S/C14H9Cl2FO/c1-8-7-9(5-6-10(8)15)14(18)13-11(16)3-2-4-12(13)17/h2-7H,1H3. The predicted octanol–water partition coefficient (Wildman–Crippen LogP) is 4.67. The summed E-state index contributed by atoms with van der Waals surface area (Å²) in [5, 5.41) is 0.666. The van der Waals surface area contributed by atoms with Gasteiger partial charge in [-0.2, -0.15) is 0 Å². The third-order valence-electron chi connectivity index (χ3n) is 2.61. The van der Waals surface area contributed by atoms with Crippen LogP contribution in [-0.2, 0) is 0 Å². The second-order valence-corrected chi connectivity index (χ2v) is 4.70. The lowest BCUT2D eigenvalue weighted by Crippen LogP contribution is -2.05. The van der Waals surface area contributed by atoms with Crippen LogP contribution in [0.25, 0.3) is 0 Å². The fourth-order valence-corrected chi connectivity index (χ4v) is 2.01. The first kappa shape index (κ1) is 13.1. The highest BCUT2D eigenvalue weighted by molar-refractivity contribution is 6.35. The second-order valence-electron chi connectivity index (χ2n) is 3.89. The molecular formula is C14H9Cl2FO. The van der Waals surface area contributed by atoms with E-state index >= 15 is 0 Å². The maximum absolute atomic E-state index is 13.6. The first-order valence-corrected chi connectivity index (χ1v) is 6.01. The van der Waals surface area contributed by atoms with Crippen molar-refractivity contribution in [1.29, 1.82) is 0 Å². The van der Waals surface area contributed by atoms with E-state index in [0.717, 1.165) is 5.56 Å². The number of hydrogen-bond donors (Lipinski definition) is 0. The fraction of sp³-hybridized carbons (Fsp3) is 0.0714. The van der Waals surface area contributed by atoms with Gasteiger partial charge in [0.25, 0.3) is 0 Å². The summed E-state index contributed by atoms with van der Waals surface area (Å²) in [6, 6.07) is 8.94. The molecule has 0 N–H and O–H groups in total. The van der Waals surface area contributed by atoms with Crippen LogP contribution in [0.3, 0.4) is 0 Å². The lowest BCUT2D eigenvalue weighted by Gasteiger charge is -2.06. The molecule has 4 heteroatoms. The molecule has 2 aromatic rings. The Hall–Kier alpha value is -1.38. The van der Waals surface area contributed by atoms with E-state index in [1.807, 2.05) is 0 Å². The molecule has 0 aliphatic heterocycles. The third kappa shape index (κ3) is 2.40. The average Bonchev–Trinajstić information content (AvgIpc) is 2.32. The molecule has 0 saturated carbocycles. The van der Waals surface area contributed by atoms with Gasteiger partial charge in [-0.05, 0) is 42.8 Å². The maximum atomic E-state index is 13.6. The Morgan fingerprint density at radius 1 is 1.11 bits per heavy atom. The van der Waals surface area contributed by atoms with E-state index in [1.54, 1.807) is 25.1 Å². The molecule has 92 valence electrons. The van der Waals surface area contributed by atoms with E-state index in [-0.39, 0.29) is 10.6 Å². The molecular weight excluding hydrogens is 274 g/mol. The molecule has 0 aromatic heterocycles. The molecule has 0 atom stereocenters. The van der Waals surface area contributed by atoms with Crippen LogP contribution in [0.5, 0.6) is 0 Å². The number of hydrogen-bond acceptors (Lipinski definition) is 1. The van der Waals surface area contributed by atoms with E-state index in [0.29, 0.717) is 10.6 Å². The van der Waals surface area contributed by atoms with Gasteiger partial charge in [-0.15, -0.1) is 0 Å². The summed E-state index contributed by atoms with van der Waals surface area (Å²) in [6.07, 6.45) is 0. The zero-order valence-electron chi connectivity index (χ0n) is 9.51. The third-order valence-corrected chi connectivity index (χ3v) is 3.35. The number of carbonyl (C=O) groups is 1. The van der Waals surface area contributed by atoms with Crippen LogP contribution in [0.15, 0.2) is 36.4 Å². The Kier molecular flexibility index (Phi) is 3.69. The Labute approximate surface area is 114 Å². The van der Waals surface area contributed by atoms with Gasteiger partial charge in [0.05, 0.1) is 10.6 Å². The van der Waals surface area contributed by atoms with Gasteiger partial charge in [0.15, 0.2) is 5.78 Å². The zero-order chi connectivity index (χ0) is 13.3. The summed E-state index contributed by atoms with van der Waals surface area (Å²) in [5.41, 5.74) is 1.01. The van der Waals surface area contributed by atoms with Crippen LogP contribution in [0.2, 0.25) is 10.0 Å². The van der Waals surface area contributed by atoms with Crippen molar-refractivity contribution in [2.75, 3.05) is 0 Å². The molecule has 0 aliphatic carbocycles. The zero-order valence-corrected chi connectivity index (χ0v) is 11.0. The van der Waals surface area contributed by atoms with Crippen molar-refractivity contribution < 1.29 is 9.18 Å². The van der Waals surface area contributed by atoms with Gasteiger partial charge in [-0.3, -0.25) is 4.79 Å². The van der Waals surface area contributed by atoms with Crippen LogP contribution in [-0.4, -0.2) is 5.78 Å². The Morgan fingerprint density at radius 2 is 1.83 bits per heavy atom. The maximum Gasteiger partial charge on any atom is 0.197 e. The molecule has 0 amide bonds. The minimum atomic E-state index is -0.625. The summed E-state index contributed by atoms with van der Waals surface area (Å²) >= 11 is 11.7. The summed E-state index contributed by atoms with van der Waals surface area (Å²) in [5.74, 6) is -1.07. The molecule has 0 heterocycles. The summed E-state index contributed by atoms with van der Waals surface area (Å²) < 4.78 is 13.6. The highest BCUT2D eigenvalue weighted by atomic mass is 35.5. The van der Waals surface area contributed by atoms with Crippen molar-refractivity contribution >= 4 is 29.0 Å². The van der Waals surface area contributed by atoms with E-state index < -0.39 is 11.6 Å². The van der Waals surface area contributed by atoms with Crippen molar-refractivity contribution in [2.24, 2.45) is 0 Å². The van der Waals surface area contributed by atoms with Gasteiger partial charge in [0.2, 0.25) is 0 Å². The SMILES string of the molecule is Cc1cc(C(=O)c2c(F)cccc2Cl)ccc1Cl. The van der Waals surface area contributed by atoms with Crippen molar-refractivity contribution in [3.63, 3.8) is 0 Å². The molecule has 0 bridgehead atoms. The first-order chi connectivity index (χ1) is 8.50. The van der Waals surface area contributed by atoms with Crippen LogP contribution in [0.4, 0.5) is 4.39 Å². The quantitative estimate of drug-likeness (QED) is 0.732. The number of benzene rings is 2. The van der Waals surface area contributed by atoms with E-state index in [2.05, 4.69) is 0 Å². The first-order valence-electron chi connectivity index (χ1n) is 5.25. The van der Waals surface area contributed by atoms with E-state index in [9.17, 15) is 9.18 Å². The summed E-state index contributed by atoms with van der Waals surface area (Å²) in [4.78, 5) is 12.2. The van der Waals surface area contributed by atoms with Crippen molar-refractivity contribution in [3.8, 4) is 0 Å². The predicted molar refractivity (Wildman–Crippen MR) is 71.0 cm³/mol. The van der Waals surface area contributed by atoms with Crippen molar-refractivity contribution in [3.05, 3.63) is 69.0 Å². The van der Waals surface area contributed by atoms with Gasteiger partial charge in [-0.1, -0.05) is 29.3 Å². The lowest BCUT2D eigenvalue weighted by molar-refractivity contribution is 0.103. The largest absolute Gasteiger partial charge is 0.288 e. The normalized spacial score (nSPS) is 10.4. The number of rotatable bonds is 2. The van der Waals surface area contributed by atoms with Crippen molar-refractivity contribution in [2.45, 2.75) is 6.92 Å².